The molecule has 1 fully saturated rings. The molecular formula is C33H38ClFN6O3S. The zero-order valence-electron chi connectivity index (χ0n) is 25.5. The third-order valence-electron chi connectivity index (χ3n) is 8.30. The molecule has 3 aromatic carbocycles. The molecule has 1 amide bonds. The molecule has 1 aliphatic carbocycles. The summed E-state index contributed by atoms with van der Waals surface area (Å²) in [4.78, 5) is 21.8. The summed E-state index contributed by atoms with van der Waals surface area (Å²) in [5, 5.41) is 7.60. The van der Waals surface area contributed by atoms with Crippen LogP contribution >= 0.6 is 11.6 Å². The summed E-state index contributed by atoms with van der Waals surface area (Å²) in [6, 6.07) is 14.7. The lowest BCUT2D eigenvalue weighted by atomic mass is 9.90. The lowest BCUT2D eigenvalue weighted by Gasteiger charge is -2.30. The number of nitrogens with zero attached hydrogens (tertiary/aromatic N) is 3. The molecule has 238 valence electrons. The van der Waals surface area contributed by atoms with Gasteiger partial charge in [-0.3, -0.25) is 9.35 Å². The largest absolute Gasteiger partial charge is 0.352 e. The molecule has 1 aliphatic rings. The Morgan fingerprint density at radius 2 is 1.80 bits per heavy atom. The van der Waals surface area contributed by atoms with Gasteiger partial charge in [0.05, 0.1) is 28.0 Å². The van der Waals surface area contributed by atoms with Crippen LogP contribution in [0.3, 0.4) is 0 Å². The van der Waals surface area contributed by atoms with Crippen LogP contribution in [0.1, 0.15) is 52.0 Å². The van der Waals surface area contributed by atoms with E-state index in [2.05, 4.69) is 15.6 Å². The summed E-state index contributed by atoms with van der Waals surface area (Å²) in [6.45, 7) is 5.92. The Kier molecular flexibility index (Phi) is 10.3. The standard InChI is InChI=1S/C33H38ClFN6O3S/c1-4-20-15-22(21-9-14-29(27(35)17-21)41(45(43)44)28-8-6-5-7-26(28)34)16-23-18-37-33(40-31(20)23)39-25-12-10-24(11-13-25)38-32(42)30(36)19(2)3/h5-9,14-19,24-25,30H,4,10-13,36H2,1-3H3,(H,38,42)(H,43,44)(H,37,39,40)/t24?,25?,30-/m0/s1. The van der Waals surface area contributed by atoms with E-state index in [0.717, 1.165) is 52.0 Å². The molecule has 2 atom stereocenters. The van der Waals surface area contributed by atoms with E-state index in [1.807, 2.05) is 32.9 Å². The molecule has 1 heterocycles. The van der Waals surface area contributed by atoms with Crippen molar-refractivity contribution in [2.45, 2.75) is 71.0 Å². The summed E-state index contributed by atoms with van der Waals surface area (Å²) in [5.74, 6) is -0.119. The molecule has 1 aromatic heterocycles. The van der Waals surface area contributed by atoms with Crippen LogP contribution in [0.4, 0.5) is 21.7 Å². The van der Waals surface area contributed by atoms with E-state index < -0.39 is 23.1 Å². The molecule has 0 saturated heterocycles. The minimum Gasteiger partial charge on any atom is -0.352 e. The highest BCUT2D eigenvalue weighted by atomic mass is 35.5. The summed E-state index contributed by atoms with van der Waals surface area (Å²) in [6.07, 6.45) is 5.93. The maximum atomic E-state index is 15.5. The Morgan fingerprint density at radius 3 is 2.44 bits per heavy atom. The highest BCUT2D eigenvalue weighted by molar-refractivity contribution is 7.81. The third-order valence-corrected chi connectivity index (χ3v) is 9.32. The molecule has 4 aromatic rings. The zero-order chi connectivity index (χ0) is 32.2. The van der Waals surface area contributed by atoms with Crippen molar-refractivity contribution in [1.82, 2.24) is 15.3 Å². The number of para-hydroxylation sites is 1. The number of fused-ring (bicyclic) bond motifs is 1. The smallest absolute Gasteiger partial charge is 0.266 e. The number of halogens is 2. The molecule has 0 radical (unpaired) electrons. The van der Waals surface area contributed by atoms with Gasteiger partial charge in [0, 0.05) is 23.7 Å². The van der Waals surface area contributed by atoms with Gasteiger partial charge in [-0.15, -0.1) is 0 Å². The van der Waals surface area contributed by atoms with Gasteiger partial charge in [0.25, 0.3) is 11.3 Å². The van der Waals surface area contributed by atoms with E-state index in [4.69, 9.17) is 22.3 Å². The predicted molar refractivity (Wildman–Crippen MR) is 179 cm³/mol. The molecule has 0 bridgehead atoms. The third kappa shape index (κ3) is 7.44. The Labute approximate surface area is 270 Å². The average molecular weight is 653 g/mol. The lowest BCUT2D eigenvalue weighted by molar-refractivity contribution is -0.124. The zero-order valence-corrected chi connectivity index (χ0v) is 27.0. The number of hydrogen-bond acceptors (Lipinski definition) is 6. The second kappa shape index (κ2) is 14.2. The molecule has 5 N–H and O–H groups in total. The molecule has 45 heavy (non-hydrogen) atoms. The number of carbonyl (C=O) groups excluding carboxylic acids is 1. The van der Waals surface area contributed by atoms with E-state index in [1.165, 1.54) is 12.1 Å². The van der Waals surface area contributed by atoms with Crippen molar-refractivity contribution in [2.75, 3.05) is 9.62 Å². The summed E-state index contributed by atoms with van der Waals surface area (Å²) < 4.78 is 38.6. The molecule has 5 rings (SSSR count). The van der Waals surface area contributed by atoms with Crippen LogP contribution in [-0.2, 0) is 22.5 Å². The first-order valence-corrected chi connectivity index (χ1v) is 16.6. The first-order valence-electron chi connectivity index (χ1n) is 15.1. The van der Waals surface area contributed by atoms with Crippen molar-refractivity contribution in [1.29, 1.82) is 0 Å². The normalized spacial score (nSPS) is 18.0. The molecule has 1 unspecified atom stereocenters. The van der Waals surface area contributed by atoms with Crippen molar-refractivity contribution >= 4 is 57.0 Å². The van der Waals surface area contributed by atoms with Crippen molar-refractivity contribution in [3.8, 4) is 11.1 Å². The van der Waals surface area contributed by atoms with Crippen LogP contribution < -0.4 is 20.7 Å². The highest BCUT2D eigenvalue weighted by Crippen LogP contribution is 2.37. The monoisotopic (exact) mass is 652 g/mol. The highest BCUT2D eigenvalue weighted by Gasteiger charge is 2.26. The fourth-order valence-corrected chi connectivity index (χ4v) is 6.57. The second-order valence-corrected chi connectivity index (χ2v) is 13.0. The number of aromatic nitrogens is 2. The number of amides is 1. The molecule has 1 saturated carbocycles. The van der Waals surface area contributed by atoms with E-state index in [0.29, 0.717) is 17.9 Å². The maximum Gasteiger partial charge on any atom is 0.266 e. The van der Waals surface area contributed by atoms with Crippen molar-refractivity contribution < 1.29 is 17.9 Å². The average Bonchev–Trinajstić information content (AvgIpc) is 3.02. The van der Waals surface area contributed by atoms with Gasteiger partial charge in [-0.1, -0.05) is 50.6 Å². The number of nitrogens with one attached hydrogen (secondary N) is 2. The Balaban J connectivity index is 1.32. The lowest BCUT2D eigenvalue weighted by Crippen LogP contribution is -2.49. The summed E-state index contributed by atoms with van der Waals surface area (Å²) >= 11 is 3.69. The molecular weight excluding hydrogens is 615 g/mol. The van der Waals surface area contributed by atoms with Crippen LogP contribution in [0.25, 0.3) is 22.0 Å². The van der Waals surface area contributed by atoms with Gasteiger partial charge in [0.1, 0.15) is 5.82 Å². The number of rotatable bonds is 10. The second-order valence-electron chi connectivity index (χ2n) is 11.7. The van der Waals surface area contributed by atoms with Gasteiger partial charge >= 0.3 is 0 Å². The first-order chi connectivity index (χ1) is 21.5. The van der Waals surface area contributed by atoms with Crippen molar-refractivity contribution in [3.05, 3.63) is 77.2 Å². The number of anilines is 3. The van der Waals surface area contributed by atoms with Gasteiger partial charge < -0.3 is 16.4 Å². The van der Waals surface area contributed by atoms with Gasteiger partial charge in [0.15, 0.2) is 0 Å². The molecule has 9 nitrogen and oxygen atoms in total. The fourth-order valence-electron chi connectivity index (χ4n) is 5.66. The van der Waals surface area contributed by atoms with Gasteiger partial charge in [-0.2, -0.15) is 0 Å². The quantitative estimate of drug-likeness (QED) is 0.139. The fraction of sp³-hybridized carbons (Fsp3) is 0.364. The minimum atomic E-state index is -2.55. The van der Waals surface area contributed by atoms with Gasteiger partial charge in [0.2, 0.25) is 11.9 Å². The van der Waals surface area contributed by atoms with E-state index in [9.17, 15) is 13.6 Å². The Morgan fingerprint density at radius 1 is 1.09 bits per heavy atom. The topological polar surface area (TPSA) is 133 Å². The predicted octanol–water partition coefficient (Wildman–Crippen LogP) is 6.75. The van der Waals surface area contributed by atoms with Crippen molar-refractivity contribution in [3.63, 3.8) is 0 Å². The number of nitrogens with two attached hydrogens (primary N) is 1. The van der Waals surface area contributed by atoms with E-state index >= 15 is 4.39 Å². The maximum absolute atomic E-state index is 15.5. The molecule has 0 aliphatic heterocycles. The van der Waals surface area contributed by atoms with Crippen LogP contribution in [0.5, 0.6) is 0 Å². The van der Waals surface area contributed by atoms with Crippen LogP contribution in [-0.4, -0.2) is 42.8 Å². The number of benzene rings is 3. The Bertz CT molecular complexity index is 1720. The van der Waals surface area contributed by atoms with E-state index in [1.54, 1.807) is 36.5 Å². The molecule has 12 heteroatoms. The van der Waals surface area contributed by atoms with Crippen LogP contribution in [0.15, 0.2) is 60.8 Å². The van der Waals surface area contributed by atoms with Crippen LogP contribution in [0.2, 0.25) is 5.02 Å². The summed E-state index contributed by atoms with van der Waals surface area (Å²) in [5.41, 5.74) is 9.34. The first kappa shape index (κ1) is 32.7. The van der Waals surface area contributed by atoms with Gasteiger partial charge in [-0.05, 0) is 91.1 Å². The van der Waals surface area contributed by atoms with Gasteiger partial charge in [-0.25, -0.2) is 22.9 Å². The Hall–Kier alpha value is -3.64. The summed E-state index contributed by atoms with van der Waals surface area (Å²) in [7, 11) is 0. The number of hydrogen-bond donors (Lipinski definition) is 4. The van der Waals surface area contributed by atoms with Crippen LogP contribution in [0, 0.1) is 11.7 Å². The number of carbonyl (C=O) groups is 1. The minimum absolute atomic E-state index is 0.0706. The SMILES string of the molecule is CCc1cc(-c2ccc(N(c3ccccc3Cl)S(=O)O)c(F)c2)cc2cnc(NC3CCC(NC(=O)[C@@H](N)C(C)C)CC3)nc12. The molecule has 0 spiro atoms. The van der Waals surface area contributed by atoms with Crippen molar-refractivity contribution in [2.24, 2.45) is 11.7 Å². The number of aryl methyl sites for hydroxylation is 1. The van der Waals surface area contributed by atoms with E-state index in [-0.39, 0.29) is 40.3 Å².